The lowest BCUT2D eigenvalue weighted by Crippen LogP contribution is -2.65. The van der Waals surface area contributed by atoms with E-state index in [4.69, 9.17) is 4.74 Å². The zero-order chi connectivity index (χ0) is 25.8. The third-order valence-corrected chi connectivity index (χ3v) is 12.4. The predicted molar refractivity (Wildman–Crippen MR) is 136 cm³/mol. The van der Waals surface area contributed by atoms with Crippen LogP contribution in [0.5, 0.6) is 0 Å². The summed E-state index contributed by atoms with van der Waals surface area (Å²) in [4.78, 5) is 39.9. The van der Waals surface area contributed by atoms with E-state index in [9.17, 15) is 14.4 Å². The highest BCUT2D eigenvalue weighted by Crippen LogP contribution is 2.74. The van der Waals surface area contributed by atoms with Gasteiger partial charge in [0.15, 0.2) is 5.78 Å². The van der Waals surface area contributed by atoms with Crippen molar-refractivity contribution >= 4 is 17.5 Å². The fourth-order valence-corrected chi connectivity index (χ4v) is 9.79. The minimum absolute atomic E-state index is 0.0112. The molecule has 0 heterocycles. The zero-order valence-electron chi connectivity index (χ0n) is 23.1. The van der Waals surface area contributed by atoms with E-state index in [1.807, 2.05) is 13.0 Å². The molecule has 5 aliphatic carbocycles. The van der Waals surface area contributed by atoms with E-state index in [-0.39, 0.29) is 50.7 Å². The highest BCUT2D eigenvalue weighted by atomic mass is 16.5. The van der Waals surface area contributed by atoms with E-state index in [0.29, 0.717) is 12.2 Å². The molecule has 0 radical (unpaired) electrons. The topological polar surface area (TPSA) is 60.4 Å². The van der Waals surface area contributed by atoms with Crippen molar-refractivity contribution in [2.45, 2.75) is 99.8 Å². The second-order valence-electron chi connectivity index (χ2n) is 14.4. The average Bonchev–Trinajstić information content (AvgIpc) is 2.78. The molecule has 0 aliphatic heterocycles. The van der Waals surface area contributed by atoms with Gasteiger partial charge in [0.1, 0.15) is 5.78 Å². The van der Waals surface area contributed by atoms with Crippen LogP contribution in [0.4, 0.5) is 0 Å². The molecule has 5 aliphatic rings. The van der Waals surface area contributed by atoms with Crippen molar-refractivity contribution in [2.75, 3.05) is 7.11 Å². The highest BCUT2D eigenvalue weighted by molar-refractivity contribution is 5.97. The third-order valence-electron chi connectivity index (χ3n) is 12.4. The first-order valence-corrected chi connectivity index (χ1v) is 13.7. The van der Waals surface area contributed by atoms with Crippen LogP contribution < -0.4 is 0 Å². The molecule has 0 bridgehead atoms. The summed E-state index contributed by atoms with van der Waals surface area (Å²) in [5.41, 5.74) is 0.877. The van der Waals surface area contributed by atoms with Crippen LogP contribution in [0.3, 0.4) is 0 Å². The normalized spacial score (nSPS) is 48.5. The number of carbonyl (C=O) groups is 3. The number of carbonyl (C=O) groups excluding carboxylic acids is 3. The third kappa shape index (κ3) is 2.95. The molecule has 0 N–H and O–H groups in total. The van der Waals surface area contributed by atoms with Crippen molar-refractivity contribution in [1.29, 1.82) is 0 Å². The lowest BCUT2D eigenvalue weighted by Gasteiger charge is -2.68. The minimum atomic E-state index is -0.652. The SMILES string of the molecule is COC(=O)[C@]1(C)C=C2C3=CC(=O)[C@@H]4[C@]5(C)CCC(=O)C(C)(C)[C@@H]5CC[C@]4(C)[C@]3(C)CC[C@@]2(C)CC1. The van der Waals surface area contributed by atoms with Crippen LogP contribution in [-0.4, -0.2) is 24.6 Å². The quantitative estimate of drug-likeness (QED) is 0.395. The van der Waals surface area contributed by atoms with E-state index in [1.165, 1.54) is 18.3 Å². The number of Topliss-reactive ketones (excluding diaryl/α,β-unsaturated/α-hetero) is 1. The standard InChI is InChI=1S/C31H44O4/c1-26(2)22-9-12-31(7)24(29(22,5)11-10-23(26)33)21(32)17-19-20-18-28(4,25(34)35-8)14-13-27(20,3)15-16-30(19,31)6/h17-18,22,24H,9-16H2,1-8H3/t22-,24+,27+,28-,29+,30+,31-/m0/s1. The first-order chi connectivity index (χ1) is 16.1. The molecule has 3 saturated carbocycles. The molecule has 0 aromatic carbocycles. The Bertz CT molecular complexity index is 1080. The van der Waals surface area contributed by atoms with Crippen molar-refractivity contribution in [3.05, 3.63) is 23.3 Å². The Kier molecular flexibility index (Phi) is 5.13. The number of allylic oxidation sites excluding steroid dienone is 3. The van der Waals surface area contributed by atoms with Gasteiger partial charge in [-0.15, -0.1) is 0 Å². The molecular weight excluding hydrogens is 436 g/mol. The highest BCUT2D eigenvalue weighted by Gasteiger charge is 2.69. The van der Waals surface area contributed by atoms with Crippen LogP contribution in [-0.2, 0) is 19.1 Å². The van der Waals surface area contributed by atoms with Crippen molar-refractivity contribution in [3.8, 4) is 0 Å². The Labute approximate surface area is 211 Å². The van der Waals surface area contributed by atoms with E-state index in [1.54, 1.807) is 0 Å². The number of rotatable bonds is 1. The van der Waals surface area contributed by atoms with Gasteiger partial charge >= 0.3 is 5.97 Å². The molecule has 192 valence electrons. The Morgan fingerprint density at radius 1 is 0.886 bits per heavy atom. The van der Waals surface area contributed by atoms with E-state index in [0.717, 1.165) is 44.9 Å². The zero-order valence-corrected chi connectivity index (χ0v) is 23.1. The summed E-state index contributed by atoms with van der Waals surface area (Å²) in [6.45, 7) is 15.6. The lowest BCUT2D eigenvalue weighted by atomic mass is 9.34. The largest absolute Gasteiger partial charge is 0.468 e. The molecule has 0 spiro atoms. The predicted octanol–water partition coefficient (Wildman–Crippen LogP) is 6.63. The number of ketones is 2. The smallest absolute Gasteiger partial charge is 0.315 e. The van der Waals surface area contributed by atoms with Gasteiger partial charge in [-0.1, -0.05) is 47.6 Å². The maximum absolute atomic E-state index is 14.2. The van der Waals surface area contributed by atoms with Gasteiger partial charge in [0, 0.05) is 17.8 Å². The molecule has 3 fully saturated rings. The summed E-state index contributed by atoms with van der Waals surface area (Å²) in [6, 6.07) is 0. The molecule has 0 aromatic heterocycles. The molecule has 4 heteroatoms. The van der Waals surface area contributed by atoms with Crippen LogP contribution in [0.15, 0.2) is 23.3 Å². The fourth-order valence-electron chi connectivity index (χ4n) is 9.79. The minimum Gasteiger partial charge on any atom is -0.468 e. The van der Waals surface area contributed by atoms with Gasteiger partial charge in [-0.25, -0.2) is 0 Å². The Morgan fingerprint density at radius 3 is 2.20 bits per heavy atom. The molecular formula is C31H44O4. The summed E-state index contributed by atoms with van der Waals surface area (Å²) in [5.74, 6) is 0.580. The first-order valence-electron chi connectivity index (χ1n) is 13.7. The molecule has 4 nitrogen and oxygen atoms in total. The second-order valence-corrected chi connectivity index (χ2v) is 14.4. The number of hydrogen-bond acceptors (Lipinski definition) is 4. The van der Waals surface area contributed by atoms with Gasteiger partial charge in [0.2, 0.25) is 0 Å². The Morgan fingerprint density at radius 2 is 1.54 bits per heavy atom. The number of hydrogen-bond donors (Lipinski definition) is 0. The molecule has 0 amide bonds. The van der Waals surface area contributed by atoms with Crippen LogP contribution in [0.2, 0.25) is 0 Å². The van der Waals surface area contributed by atoms with Gasteiger partial charge in [0.05, 0.1) is 12.5 Å². The van der Waals surface area contributed by atoms with Crippen molar-refractivity contribution in [2.24, 2.45) is 44.3 Å². The summed E-state index contributed by atoms with van der Waals surface area (Å²) >= 11 is 0. The maximum Gasteiger partial charge on any atom is 0.315 e. The van der Waals surface area contributed by atoms with Crippen LogP contribution in [0.25, 0.3) is 0 Å². The summed E-state index contributed by atoms with van der Waals surface area (Å²) in [5, 5.41) is 0. The summed E-state index contributed by atoms with van der Waals surface area (Å²) in [7, 11) is 1.47. The van der Waals surface area contributed by atoms with Gasteiger partial charge in [-0.2, -0.15) is 0 Å². The molecule has 7 atom stereocenters. The molecule has 0 saturated heterocycles. The average molecular weight is 481 g/mol. The Hall–Kier alpha value is -1.71. The molecule has 5 rings (SSSR count). The van der Waals surface area contributed by atoms with E-state index >= 15 is 0 Å². The first kappa shape index (κ1) is 25.0. The van der Waals surface area contributed by atoms with Gasteiger partial charge < -0.3 is 4.74 Å². The van der Waals surface area contributed by atoms with Gasteiger partial charge in [0.25, 0.3) is 0 Å². The maximum atomic E-state index is 14.2. The van der Waals surface area contributed by atoms with Crippen LogP contribution in [0.1, 0.15) is 99.8 Å². The lowest BCUT2D eigenvalue weighted by molar-refractivity contribution is -0.182. The second kappa shape index (κ2) is 7.19. The van der Waals surface area contributed by atoms with Gasteiger partial charge in [-0.3, -0.25) is 14.4 Å². The number of fused-ring (bicyclic) bond motifs is 7. The Balaban J connectivity index is 1.67. The summed E-state index contributed by atoms with van der Waals surface area (Å²) < 4.78 is 5.20. The number of methoxy groups -OCH3 is 1. The molecule has 35 heavy (non-hydrogen) atoms. The van der Waals surface area contributed by atoms with E-state index < -0.39 is 5.41 Å². The monoisotopic (exact) mass is 480 g/mol. The molecule has 0 aromatic rings. The summed E-state index contributed by atoms with van der Waals surface area (Å²) in [6.07, 6.45) is 11.3. The van der Waals surface area contributed by atoms with Gasteiger partial charge in [-0.05, 0) is 96.7 Å². The number of ether oxygens (including phenoxy) is 1. The van der Waals surface area contributed by atoms with Crippen LogP contribution >= 0.6 is 0 Å². The van der Waals surface area contributed by atoms with Crippen LogP contribution in [0, 0.1) is 44.3 Å². The molecule has 0 unspecified atom stereocenters. The fraction of sp³-hybridized carbons (Fsp3) is 0.774. The van der Waals surface area contributed by atoms with Crippen molar-refractivity contribution in [3.63, 3.8) is 0 Å². The van der Waals surface area contributed by atoms with Crippen molar-refractivity contribution in [1.82, 2.24) is 0 Å². The van der Waals surface area contributed by atoms with Crippen molar-refractivity contribution < 1.29 is 19.1 Å². The van der Waals surface area contributed by atoms with E-state index in [2.05, 4.69) is 47.6 Å². The number of esters is 1.